The molecule has 0 bridgehead atoms. The molecule has 1 aromatic heterocycles. The standard InChI is InChI=1S/C17H17N3O2/c1-12-6-3-2-4-11-20(16-13(12)7-5-10-18-16)14-8-9-15(21)19-17(14)22/h2-7,10,14H,1,8-9,11H2,(H,19,21,22)/b4-2-,6-3-. The summed E-state index contributed by atoms with van der Waals surface area (Å²) in [5.41, 5.74) is 1.74. The molecule has 1 N–H and O–H groups in total. The van der Waals surface area contributed by atoms with Crippen LogP contribution in [0, 0.1) is 0 Å². The Bertz CT molecular complexity index is 691. The van der Waals surface area contributed by atoms with Crippen molar-refractivity contribution >= 4 is 23.2 Å². The van der Waals surface area contributed by atoms with Gasteiger partial charge in [0.2, 0.25) is 11.8 Å². The van der Waals surface area contributed by atoms with E-state index in [1.807, 2.05) is 41.3 Å². The summed E-state index contributed by atoms with van der Waals surface area (Å²) < 4.78 is 0. The third-order valence-corrected chi connectivity index (χ3v) is 3.84. The van der Waals surface area contributed by atoms with Crippen molar-refractivity contribution in [3.63, 3.8) is 0 Å². The molecule has 0 aliphatic carbocycles. The Balaban J connectivity index is 2.03. The number of amides is 2. The number of rotatable bonds is 1. The molecular formula is C17H17N3O2. The Kier molecular flexibility index (Phi) is 3.87. The number of hydrogen-bond donors (Lipinski definition) is 1. The molecule has 0 spiro atoms. The van der Waals surface area contributed by atoms with Crippen LogP contribution in [0.4, 0.5) is 5.82 Å². The van der Waals surface area contributed by atoms with Crippen LogP contribution in [-0.4, -0.2) is 29.4 Å². The normalized spacial score (nSPS) is 24.6. The second-order valence-electron chi connectivity index (χ2n) is 5.31. The Hall–Kier alpha value is -2.69. The summed E-state index contributed by atoms with van der Waals surface area (Å²) >= 11 is 0. The average Bonchev–Trinajstić information content (AvgIpc) is 2.58. The first-order valence-electron chi connectivity index (χ1n) is 7.24. The van der Waals surface area contributed by atoms with Crippen LogP contribution in [0.3, 0.4) is 0 Å². The molecule has 112 valence electrons. The van der Waals surface area contributed by atoms with E-state index in [2.05, 4.69) is 16.9 Å². The maximum atomic E-state index is 12.2. The fourth-order valence-corrected chi connectivity index (χ4v) is 2.73. The van der Waals surface area contributed by atoms with Crippen molar-refractivity contribution < 1.29 is 9.59 Å². The number of hydrogen-bond acceptors (Lipinski definition) is 4. The van der Waals surface area contributed by atoms with Crippen molar-refractivity contribution in [3.8, 4) is 0 Å². The van der Waals surface area contributed by atoms with Gasteiger partial charge < -0.3 is 4.90 Å². The third kappa shape index (κ3) is 2.70. The number of carbonyl (C=O) groups excluding carboxylic acids is 2. The Morgan fingerprint density at radius 2 is 2.18 bits per heavy atom. The van der Waals surface area contributed by atoms with E-state index in [9.17, 15) is 9.59 Å². The number of pyridine rings is 1. The molecule has 0 saturated carbocycles. The van der Waals surface area contributed by atoms with E-state index in [0.717, 1.165) is 17.0 Å². The van der Waals surface area contributed by atoms with Gasteiger partial charge in [0.15, 0.2) is 0 Å². The molecule has 1 fully saturated rings. The van der Waals surface area contributed by atoms with Gasteiger partial charge in [-0.3, -0.25) is 14.9 Å². The summed E-state index contributed by atoms with van der Waals surface area (Å²) in [4.78, 5) is 30.0. The van der Waals surface area contributed by atoms with Gasteiger partial charge in [-0.05, 0) is 24.1 Å². The minimum Gasteiger partial charge on any atom is -0.340 e. The lowest BCUT2D eigenvalue weighted by molar-refractivity contribution is -0.134. The van der Waals surface area contributed by atoms with Gasteiger partial charge in [0.05, 0.1) is 0 Å². The molecule has 0 aromatic carbocycles. The first-order valence-corrected chi connectivity index (χ1v) is 7.24. The number of fused-ring (bicyclic) bond motifs is 1. The zero-order chi connectivity index (χ0) is 15.5. The highest BCUT2D eigenvalue weighted by Gasteiger charge is 2.33. The van der Waals surface area contributed by atoms with E-state index >= 15 is 0 Å². The van der Waals surface area contributed by atoms with Crippen molar-refractivity contribution in [3.05, 3.63) is 54.8 Å². The zero-order valence-electron chi connectivity index (χ0n) is 12.2. The van der Waals surface area contributed by atoms with Crippen molar-refractivity contribution in [1.82, 2.24) is 10.3 Å². The summed E-state index contributed by atoms with van der Waals surface area (Å²) in [6.45, 7) is 4.62. The smallest absolute Gasteiger partial charge is 0.249 e. The minimum absolute atomic E-state index is 0.214. The van der Waals surface area contributed by atoms with Crippen molar-refractivity contribution in [2.24, 2.45) is 0 Å². The number of aromatic nitrogens is 1. The summed E-state index contributed by atoms with van der Waals surface area (Å²) in [7, 11) is 0. The summed E-state index contributed by atoms with van der Waals surface area (Å²) in [6.07, 6.45) is 10.3. The number of imide groups is 1. The number of nitrogens with one attached hydrogen (secondary N) is 1. The zero-order valence-corrected chi connectivity index (χ0v) is 12.2. The molecule has 1 aromatic rings. The molecule has 2 aliphatic heterocycles. The van der Waals surface area contributed by atoms with Crippen LogP contribution in [0.1, 0.15) is 18.4 Å². The highest BCUT2D eigenvalue weighted by atomic mass is 16.2. The van der Waals surface area contributed by atoms with Gasteiger partial charge in [0, 0.05) is 24.7 Å². The Morgan fingerprint density at radius 1 is 1.32 bits per heavy atom. The first-order chi connectivity index (χ1) is 10.7. The van der Waals surface area contributed by atoms with Crippen LogP contribution >= 0.6 is 0 Å². The molecule has 2 amide bonds. The molecule has 2 aliphatic rings. The molecule has 1 unspecified atom stereocenters. The molecule has 22 heavy (non-hydrogen) atoms. The van der Waals surface area contributed by atoms with E-state index in [1.165, 1.54) is 0 Å². The van der Waals surface area contributed by atoms with Gasteiger partial charge >= 0.3 is 0 Å². The van der Waals surface area contributed by atoms with Crippen LogP contribution in [0.15, 0.2) is 49.2 Å². The van der Waals surface area contributed by atoms with E-state index in [4.69, 9.17) is 0 Å². The monoisotopic (exact) mass is 295 g/mol. The van der Waals surface area contributed by atoms with Gasteiger partial charge in [0.25, 0.3) is 0 Å². The number of piperidine rings is 1. The highest BCUT2D eigenvalue weighted by molar-refractivity contribution is 6.02. The average molecular weight is 295 g/mol. The van der Waals surface area contributed by atoms with E-state index < -0.39 is 6.04 Å². The maximum Gasteiger partial charge on any atom is 0.249 e. The molecule has 0 radical (unpaired) electrons. The van der Waals surface area contributed by atoms with Crippen LogP contribution < -0.4 is 10.2 Å². The molecular weight excluding hydrogens is 278 g/mol. The molecule has 5 nitrogen and oxygen atoms in total. The molecule has 3 heterocycles. The van der Waals surface area contributed by atoms with Crippen LogP contribution in [-0.2, 0) is 9.59 Å². The fraction of sp³-hybridized carbons (Fsp3) is 0.235. The summed E-state index contributed by atoms with van der Waals surface area (Å²) in [5, 5.41) is 2.41. The summed E-state index contributed by atoms with van der Waals surface area (Å²) in [6, 6.07) is 3.40. The highest BCUT2D eigenvalue weighted by Crippen LogP contribution is 2.28. The number of nitrogens with zero attached hydrogens (tertiary/aromatic N) is 2. The van der Waals surface area contributed by atoms with Crippen molar-refractivity contribution in [2.75, 3.05) is 11.4 Å². The van der Waals surface area contributed by atoms with Gasteiger partial charge in [-0.15, -0.1) is 0 Å². The van der Waals surface area contributed by atoms with Crippen molar-refractivity contribution in [1.29, 1.82) is 0 Å². The van der Waals surface area contributed by atoms with Gasteiger partial charge in [-0.1, -0.05) is 30.9 Å². The largest absolute Gasteiger partial charge is 0.340 e. The lowest BCUT2D eigenvalue weighted by Gasteiger charge is -2.34. The predicted octanol–water partition coefficient (Wildman–Crippen LogP) is 1.83. The van der Waals surface area contributed by atoms with Gasteiger partial charge in [0.1, 0.15) is 11.9 Å². The number of anilines is 1. The quantitative estimate of drug-likeness (QED) is 0.803. The molecule has 1 saturated heterocycles. The van der Waals surface area contributed by atoms with Gasteiger partial charge in [-0.2, -0.15) is 0 Å². The predicted molar refractivity (Wildman–Crippen MR) is 85.1 cm³/mol. The van der Waals surface area contributed by atoms with E-state index in [0.29, 0.717) is 19.4 Å². The Morgan fingerprint density at radius 3 is 3.00 bits per heavy atom. The first kappa shape index (κ1) is 14.3. The Labute approximate surface area is 129 Å². The number of carbonyl (C=O) groups is 2. The lowest BCUT2D eigenvalue weighted by atomic mass is 10.0. The summed E-state index contributed by atoms with van der Waals surface area (Å²) in [5.74, 6) is 0.241. The third-order valence-electron chi connectivity index (χ3n) is 3.84. The lowest BCUT2D eigenvalue weighted by Crippen LogP contribution is -2.53. The molecule has 5 heteroatoms. The molecule has 3 rings (SSSR count). The minimum atomic E-state index is -0.401. The van der Waals surface area contributed by atoms with Crippen molar-refractivity contribution in [2.45, 2.75) is 18.9 Å². The van der Waals surface area contributed by atoms with Gasteiger partial charge in [-0.25, -0.2) is 4.98 Å². The van der Waals surface area contributed by atoms with E-state index in [-0.39, 0.29) is 11.8 Å². The second kappa shape index (κ2) is 5.97. The maximum absolute atomic E-state index is 12.2. The number of allylic oxidation sites excluding steroid dienone is 4. The molecule has 1 atom stereocenters. The second-order valence-corrected chi connectivity index (χ2v) is 5.31. The topological polar surface area (TPSA) is 62.3 Å². The fourth-order valence-electron chi connectivity index (χ4n) is 2.73. The van der Waals surface area contributed by atoms with Crippen LogP contribution in [0.25, 0.3) is 5.57 Å². The SMILES string of the molecule is C=C1/C=C\C=C/CN(C2CCC(=O)NC2=O)c2ncccc21. The van der Waals surface area contributed by atoms with Crippen LogP contribution in [0.5, 0.6) is 0 Å². The van der Waals surface area contributed by atoms with E-state index in [1.54, 1.807) is 6.20 Å². The van der Waals surface area contributed by atoms with Crippen LogP contribution in [0.2, 0.25) is 0 Å².